The van der Waals surface area contributed by atoms with Crippen molar-refractivity contribution in [1.29, 1.82) is 0 Å². The summed E-state index contributed by atoms with van der Waals surface area (Å²) in [6.45, 7) is -2.29. The fourth-order valence-electron chi connectivity index (χ4n) is 1.30. The zero-order valence-electron chi connectivity index (χ0n) is 11.7. The smallest absolute Gasteiger partial charge is 0.273 e. The Morgan fingerprint density at radius 3 is 2.22 bits per heavy atom. The summed E-state index contributed by atoms with van der Waals surface area (Å²) in [6.07, 6.45) is 0.785. The second-order valence-corrected chi connectivity index (χ2v) is 7.92. The number of rotatable bonds is 7. The summed E-state index contributed by atoms with van der Waals surface area (Å²) in [7, 11) is -8.14. The lowest BCUT2D eigenvalue weighted by atomic mass is 10.3. The molecule has 23 heavy (non-hydrogen) atoms. The monoisotopic (exact) mass is 397 g/mol. The van der Waals surface area contributed by atoms with Crippen LogP contribution in [-0.2, 0) is 20.0 Å². The highest BCUT2D eigenvalue weighted by Crippen LogP contribution is 2.20. The molecule has 0 atom stereocenters. The van der Waals surface area contributed by atoms with Gasteiger partial charge in [-0.1, -0.05) is 0 Å². The molecule has 0 spiro atoms. The number of hydrogen-bond donors (Lipinski definition) is 3. The minimum atomic E-state index is -4.39. The van der Waals surface area contributed by atoms with Crippen LogP contribution in [0.3, 0.4) is 0 Å². The number of halogens is 4. The van der Waals surface area contributed by atoms with Crippen molar-refractivity contribution in [3.8, 4) is 0 Å². The van der Waals surface area contributed by atoms with Crippen molar-refractivity contribution >= 4 is 38.1 Å². The maximum atomic E-state index is 13.7. The highest BCUT2D eigenvalue weighted by molar-refractivity contribution is 7.92. The van der Waals surface area contributed by atoms with Crippen LogP contribution in [-0.4, -0.2) is 42.1 Å². The Hall–Kier alpha value is -1.08. The van der Waals surface area contributed by atoms with Gasteiger partial charge in [0.1, 0.15) is 5.82 Å². The second kappa shape index (κ2) is 7.66. The van der Waals surface area contributed by atoms with E-state index in [4.69, 9.17) is 5.73 Å². The number of sulfonamides is 2. The molecule has 1 aromatic rings. The molecule has 0 saturated heterocycles. The van der Waals surface area contributed by atoms with Crippen LogP contribution in [0.25, 0.3) is 0 Å². The third-order valence-corrected chi connectivity index (χ3v) is 4.36. The van der Waals surface area contributed by atoms with Crippen molar-refractivity contribution in [3.63, 3.8) is 0 Å². The van der Waals surface area contributed by atoms with Gasteiger partial charge in [-0.15, -0.1) is 12.4 Å². The van der Waals surface area contributed by atoms with Gasteiger partial charge in [0.05, 0.1) is 29.9 Å². The Labute approximate surface area is 138 Å². The molecule has 0 fully saturated rings. The molecule has 0 amide bonds. The van der Waals surface area contributed by atoms with Gasteiger partial charge >= 0.3 is 0 Å². The Bertz CT molecular complexity index is 757. The van der Waals surface area contributed by atoms with Crippen molar-refractivity contribution in [2.75, 3.05) is 24.1 Å². The van der Waals surface area contributed by atoms with Crippen LogP contribution < -0.4 is 15.2 Å². The molecule has 0 aliphatic heterocycles. The van der Waals surface area contributed by atoms with Gasteiger partial charge in [-0.25, -0.2) is 34.7 Å². The van der Waals surface area contributed by atoms with Gasteiger partial charge in [0.15, 0.2) is 0 Å². The van der Waals surface area contributed by atoms with Crippen molar-refractivity contribution in [2.45, 2.75) is 10.8 Å². The van der Waals surface area contributed by atoms with Gasteiger partial charge in [-0.05, 0) is 18.2 Å². The highest BCUT2D eigenvalue weighted by Gasteiger charge is 2.29. The number of benzene rings is 1. The first kappa shape index (κ1) is 21.9. The molecular weight excluding hydrogens is 383 g/mol. The predicted molar refractivity (Wildman–Crippen MR) is 81.3 cm³/mol. The van der Waals surface area contributed by atoms with Gasteiger partial charge in [-0.2, -0.15) is 0 Å². The Morgan fingerprint density at radius 1 is 1.22 bits per heavy atom. The van der Waals surface area contributed by atoms with Gasteiger partial charge in [0.25, 0.3) is 5.92 Å². The van der Waals surface area contributed by atoms with Crippen LogP contribution in [0.4, 0.5) is 18.9 Å². The molecule has 4 N–H and O–H groups in total. The lowest BCUT2D eigenvalue weighted by Gasteiger charge is -2.15. The molecule has 0 heterocycles. The Balaban J connectivity index is 0.00000484. The van der Waals surface area contributed by atoms with E-state index in [0.717, 1.165) is 18.4 Å². The molecule has 0 unspecified atom stereocenters. The summed E-state index contributed by atoms with van der Waals surface area (Å²) in [4.78, 5) is -0.628. The van der Waals surface area contributed by atoms with E-state index >= 15 is 0 Å². The predicted octanol–water partition coefficient (Wildman–Crippen LogP) is 0.491. The SMILES string of the molecule is CS(=O)(=O)Nc1ccc(S(=O)(=O)NCC(F)(F)CN)cc1F.Cl. The standard InChI is InChI=1S/C10H14F3N3O4S2.ClH/c1-21(17,18)16-9-3-2-7(4-8(9)11)22(19,20)15-6-10(12,13)5-14;/h2-4,15-16H,5-6,14H2,1H3;1H. The molecule has 0 radical (unpaired) electrons. The highest BCUT2D eigenvalue weighted by atomic mass is 35.5. The van der Waals surface area contributed by atoms with E-state index in [2.05, 4.69) is 0 Å². The molecule has 0 aliphatic rings. The summed E-state index contributed by atoms with van der Waals surface area (Å²) in [5, 5.41) is 0. The Morgan fingerprint density at radius 2 is 1.78 bits per heavy atom. The van der Waals surface area contributed by atoms with Crippen LogP contribution in [0.5, 0.6) is 0 Å². The molecular formula is C10H15ClF3N3O4S2. The van der Waals surface area contributed by atoms with E-state index in [1.54, 1.807) is 4.72 Å². The third kappa shape index (κ3) is 6.91. The van der Waals surface area contributed by atoms with Crippen molar-refractivity contribution in [3.05, 3.63) is 24.0 Å². The maximum absolute atomic E-state index is 13.7. The quantitative estimate of drug-likeness (QED) is 0.618. The van der Waals surface area contributed by atoms with E-state index in [9.17, 15) is 30.0 Å². The summed E-state index contributed by atoms with van der Waals surface area (Å²) >= 11 is 0. The van der Waals surface area contributed by atoms with Crippen molar-refractivity contribution < 1.29 is 30.0 Å². The van der Waals surface area contributed by atoms with E-state index in [1.165, 1.54) is 0 Å². The fourth-order valence-corrected chi connectivity index (χ4v) is 2.94. The first-order valence-corrected chi connectivity index (χ1v) is 9.09. The normalized spacial score (nSPS) is 12.6. The molecule has 1 rings (SSSR count). The zero-order chi connectivity index (χ0) is 17.2. The number of nitrogens with one attached hydrogen (secondary N) is 2. The number of hydrogen-bond acceptors (Lipinski definition) is 5. The minimum absolute atomic E-state index is 0. The molecule has 0 saturated carbocycles. The van der Waals surface area contributed by atoms with Gasteiger partial charge < -0.3 is 5.73 Å². The van der Waals surface area contributed by atoms with Crippen LogP contribution in [0.15, 0.2) is 23.1 Å². The first-order valence-electron chi connectivity index (χ1n) is 5.71. The second-order valence-electron chi connectivity index (χ2n) is 4.40. The third-order valence-electron chi connectivity index (χ3n) is 2.37. The van der Waals surface area contributed by atoms with E-state index in [-0.39, 0.29) is 12.4 Å². The van der Waals surface area contributed by atoms with Crippen LogP contribution >= 0.6 is 12.4 Å². The van der Waals surface area contributed by atoms with Gasteiger partial charge in [0, 0.05) is 0 Å². The van der Waals surface area contributed by atoms with E-state index in [0.29, 0.717) is 6.07 Å². The lowest BCUT2D eigenvalue weighted by molar-refractivity contribution is 0.0170. The molecule has 13 heteroatoms. The summed E-state index contributed by atoms with van der Waals surface area (Å²) in [5.41, 5.74) is 4.30. The number of nitrogens with two attached hydrogens (primary N) is 1. The topological polar surface area (TPSA) is 118 Å². The van der Waals surface area contributed by atoms with E-state index < -0.39 is 55.5 Å². The van der Waals surface area contributed by atoms with Gasteiger partial charge in [0.2, 0.25) is 20.0 Å². The fraction of sp³-hybridized carbons (Fsp3) is 0.400. The average Bonchev–Trinajstić information content (AvgIpc) is 2.37. The largest absolute Gasteiger partial charge is 0.325 e. The average molecular weight is 398 g/mol. The van der Waals surface area contributed by atoms with Crippen LogP contribution in [0.2, 0.25) is 0 Å². The van der Waals surface area contributed by atoms with Crippen molar-refractivity contribution in [2.24, 2.45) is 5.73 Å². The van der Waals surface area contributed by atoms with Crippen LogP contribution in [0, 0.1) is 5.82 Å². The zero-order valence-corrected chi connectivity index (χ0v) is 14.2. The van der Waals surface area contributed by atoms with E-state index in [1.807, 2.05) is 4.72 Å². The number of alkyl halides is 2. The van der Waals surface area contributed by atoms with Crippen molar-refractivity contribution in [1.82, 2.24) is 4.72 Å². The minimum Gasteiger partial charge on any atom is -0.325 e. The summed E-state index contributed by atoms with van der Waals surface area (Å²) in [6, 6.07) is 2.25. The lowest BCUT2D eigenvalue weighted by Crippen LogP contribution is -2.41. The summed E-state index contributed by atoms with van der Waals surface area (Å²) in [5.74, 6) is -4.61. The first-order chi connectivity index (χ1) is 9.86. The maximum Gasteiger partial charge on any atom is 0.273 e. The molecule has 0 aliphatic carbocycles. The molecule has 1 aromatic carbocycles. The molecule has 7 nitrogen and oxygen atoms in total. The molecule has 134 valence electrons. The summed E-state index contributed by atoms with van der Waals surface area (Å²) < 4.78 is 88.4. The van der Waals surface area contributed by atoms with Crippen LogP contribution in [0.1, 0.15) is 0 Å². The van der Waals surface area contributed by atoms with Gasteiger partial charge in [-0.3, -0.25) is 4.72 Å². The Kier molecular flexibility index (Phi) is 7.30. The number of anilines is 1. The molecule has 0 bridgehead atoms. The molecule has 0 aromatic heterocycles.